The van der Waals surface area contributed by atoms with Crippen molar-refractivity contribution < 1.29 is 38.2 Å². The van der Waals surface area contributed by atoms with Crippen LogP contribution < -0.4 is 9.79 Å². The molecular formula is C34H54CaO8P2. The fourth-order valence-electron chi connectivity index (χ4n) is 5.54. The van der Waals surface area contributed by atoms with E-state index < -0.39 is 48.2 Å². The first-order valence-electron chi connectivity index (χ1n) is 15.3. The Morgan fingerprint density at radius 1 is 0.578 bits per heavy atom. The molecular weight excluding hydrogens is 638 g/mol. The van der Waals surface area contributed by atoms with Gasteiger partial charge in [-0.25, -0.2) is 0 Å². The van der Waals surface area contributed by atoms with Gasteiger partial charge in [-0.2, -0.15) is 0 Å². The van der Waals surface area contributed by atoms with Crippen LogP contribution >= 0.6 is 15.2 Å². The molecule has 250 valence electrons. The predicted octanol–water partition coefficient (Wildman–Crippen LogP) is 7.87. The quantitative estimate of drug-likeness (QED) is 0.200. The van der Waals surface area contributed by atoms with Crippen LogP contribution in [0.1, 0.15) is 142 Å². The Bertz CT molecular complexity index is 1260. The molecule has 2 aromatic rings. The van der Waals surface area contributed by atoms with Crippen molar-refractivity contribution >= 4 is 52.9 Å². The molecule has 0 aliphatic rings. The molecule has 0 radical (unpaired) electrons. The summed E-state index contributed by atoms with van der Waals surface area (Å²) in [5.74, 6) is 0.0666. The molecule has 0 heterocycles. The number of phenols is 2. The number of rotatable bonds is 9. The molecule has 2 aromatic carbocycles. The zero-order valence-corrected chi connectivity index (χ0v) is 33.8. The SMILES string of the molecule is CCOP(=O)([O-])C(c1cc(C(C)(C)C)c(O)c(C(C)(C)C)c1)C(c1cc(C(C)(C)C)c(O)c(C(C)(C)C)c1)P(=O)([O-])OCC.[Ca+2]. The maximum atomic E-state index is 14.2. The van der Waals surface area contributed by atoms with Crippen molar-refractivity contribution in [1.29, 1.82) is 0 Å². The molecule has 45 heavy (non-hydrogen) atoms. The van der Waals surface area contributed by atoms with E-state index in [1.165, 1.54) is 13.8 Å². The second-order valence-electron chi connectivity index (χ2n) is 15.7. The third-order valence-corrected chi connectivity index (χ3v) is 11.8. The minimum absolute atomic E-state index is 0. The van der Waals surface area contributed by atoms with Crippen molar-refractivity contribution in [3.05, 3.63) is 57.6 Å². The summed E-state index contributed by atoms with van der Waals surface area (Å²) in [5, 5.41) is 22.8. The molecule has 0 bridgehead atoms. The van der Waals surface area contributed by atoms with E-state index in [-0.39, 0.29) is 73.6 Å². The maximum absolute atomic E-state index is 14.2. The smallest absolute Gasteiger partial charge is 0.778 e. The van der Waals surface area contributed by atoms with Crippen molar-refractivity contribution in [2.75, 3.05) is 13.2 Å². The van der Waals surface area contributed by atoms with Crippen LogP contribution in [0.4, 0.5) is 0 Å². The standard InChI is InChI=1S/C34H56O8P2.Ca/c1-15-41-43(37,38)29(21-17-23(31(3,4)5)27(35)24(18-21)32(6,7)8)30(44(39,40)42-16-2)22-19-25(33(9,10)11)28(36)26(20-22)34(12,13)14;/h17-20,29-30,35-36H,15-16H2,1-14H3,(H,37,38)(H,39,40);/q;+2/p-2. The summed E-state index contributed by atoms with van der Waals surface area (Å²) in [4.78, 5) is 28.4. The van der Waals surface area contributed by atoms with Crippen molar-refractivity contribution in [3.8, 4) is 11.5 Å². The van der Waals surface area contributed by atoms with Gasteiger partial charge in [0.25, 0.3) is 0 Å². The van der Waals surface area contributed by atoms with Gasteiger partial charge in [-0.3, -0.25) is 0 Å². The minimum Gasteiger partial charge on any atom is -0.778 e. The Morgan fingerprint density at radius 2 is 0.778 bits per heavy atom. The molecule has 0 aromatic heterocycles. The van der Waals surface area contributed by atoms with E-state index in [0.29, 0.717) is 22.3 Å². The van der Waals surface area contributed by atoms with E-state index >= 15 is 0 Å². The van der Waals surface area contributed by atoms with E-state index in [1.54, 1.807) is 24.3 Å². The van der Waals surface area contributed by atoms with Crippen LogP contribution in [0.5, 0.6) is 11.5 Å². The first kappa shape index (κ1) is 42.6. The average molecular weight is 693 g/mol. The van der Waals surface area contributed by atoms with Gasteiger partial charge in [0.2, 0.25) is 0 Å². The second kappa shape index (κ2) is 14.6. The van der Waals surface area contributed by atoms with Crippen LogP contribution in [0.25, 0.3) is 0 Å². The number of aromatic hydroxyl groups is 2. The van der Waals surface area contributed by atoms with E-state index in [4.69, 9.17) is 9.05 Å². The summed E-state index contributed by atoms with van der Waals surface area (Å²) in [6.07, 6.45) is 0. The van der Waals surface area contributed by atoms with Gasteiger partial charge in [-0.05, 0) is 68.9 Å². The third-order valence-electron chi connectivity index (χ3n) is 7.78. The third kappa shape index (κ3) is 9.83. The number of phenolic OH excluding ortho intramolecular Hbond substituents is 2. The maximum Gasteiger partial charge on any atom is 2.00 e. The summed E-state index contributed by atoms with van der Waals surface area (Å²) in [7, 11) is -9.99. The Morgan fingerprint density at radius 3 is 0.933 bits per heavy atom. The minimum atomic E-state index is -5.00. The van der Waals surface area contributed by atoms with E-state index in [9.17, 15) is 29.1 Å². The Labute approximate surface area is 301 Å². The van der Waals surface area contributed by atoms with Crippen LogP contribution in [0.3, 0.4) is 0 Å². The van der Waals surface area contributed by atoms with Gasteiger partial charge < -0.3 is 38.2 Å². The molecule has 0 fully saturated rings. The molecule has 0 saturated heterocycles. The molecule has 0 spiro atoms. The molecule has 0 aliphatic heterocycles. The van der Waals surface area contributed by atoms with Crippen molar-refractivity contribution in [2.24, 2.45) is 0 Å². The fraction of sp³-hybridized carbons (Fsp3) is 0.647. The van der Waals surface area contributed by atoms with E-state index in [2.05, 4.69) is 0 Å². The van der Waals surface area contributed by atoms with Gasteiger partial charge in [0.05, 0.1) is 24.5 Å². The summed E-state index contributed by atoms with van der Waals surface area (Å²) in [6.45, 7) is 25.4. The van der Waals surface area contributed by atoms with Gasteiger partial charge in [0.1, 0.15) is 26.7 Å². The largest absolute Gasteiger partial charge is 2.00 e. The van der Waals surface area contributed by atoms with Gasteiger partial charge in [0, 0.05) is 0 Å². The van der Waals surface area contributed by atoms with Crippen LogP contribution in [-0.4, -0.2) is 61.2 Å². The van der Waals surface area contributed by atoms with Crippen LogP contribution in [0, 0.1) is 0 Å². The summed E-state index contributed by atoms with van der Waals surface area (Å²) < 4.78 is 39.2. The number of hydrogen-bond donors (Lipinski definition) is 2. The molecule has 0 amide bonds. The van der Waals surface area contributed by atoms with E-state index in [0.717, 1.165) is 0 Å². The molecule has 8 nitrogen and oxygen atoms in total. The van der Waals surface area contributed by atoms with Crippen molar-refractivity contribution in [1.82, 2.24) is 0 Å². The second-order valence-corrected chi connectivity index (χ2v) is 19.5. The predicted molar refractivity (Wildman–Crippen MR) is 181 cm³/mol. The Kier molecular flexibility index (Phi) is 13.8. The molecule has 0 saturated carbocycles. The normalized spacial score (nSPS) is 17.2. The van der Waals surface area contributed by atoms with Crippen molar-refractivity contribution in [2.45, 2.75) is 130 Å². The summed E-state index contributed by atoms with van der Waals surface area (Å²) in [6, 6.07) is 6.31. The molecule has 4 unspecified atom stereocenters. The van der Waals surface area contributed by atoms with Gasteiger partial charge in [-0.15, -0.1) is 0 Å². The van der Waals surface area contributed by atoms with Crippen LogP contribution in [-0.2, 0) is 39.8 Å². The van der Waals surface area contributed by atoms with Crippen molar-refractivity contribution in [3.63, 3.8) is 0 Å². The van der Waals surface area contributed by atoms with Crippen LogP contribution in [0.2, 0.25) is 0 Å². The van der Waals surface area contributed by atoms with Gasteiger partial charge >= 0.3 is 37.7 Å². The first-order valence-corrected chi connectivity index (χ1v) is 18.5. The first-order chi connectivity index (χ1) is 19.6. The average Bonchev–Trinajstić information content (AvgIpc) is 2.80. The summed E-state index contributed by atoms with van der Waals surface area (Å²) >= 11 is 0. The molecule has 11 heteroatoms. The van der Waals surface area contributed by atoms with Gasteiger partial charge in [0.15, 0.2) is 0 Å². The number of benzene rings is 2. The monoisotopic (exact) mass is 692 g/mol. The van der Waals surface area contributed by atoms with Gasteiger partial charge in [-0.1, -0.05) is 107 Å². The number of hydrogen-bond acceptors (Lipinski definition) is 8. The fourth-order valence-corrected chi connectivity index (χ4v) is 9.62. The molecule has 0 aliphatic carbocycles. The van der Waals surface area contributed by atoms with Crippen LogP contribution in [0.15, 0.2) is 24.3 Å². The summed E-state index contributed by atoms with van der Waals surface area (Å²) in [5.41, 5.74) is -3.65. The molecule has 4 atom stereocenters. The molecule has 2 N–H and O–H groups in total. The zero-order valence-electron chi connectivity index (χ0n) is 29.8. The Hall–Kier alpha value is -0.400. The Balaban J connectivity index is 0.0000101. The molecule has 2 rings (SSSR count). The van der Waals surface area contributed by atoms with E-state index in [1.807, 2.05) is 83.1 Å². The zero-order chi connectivity index (χ0) is 34.4. The topological polar surface area (TPSA) is 139 Å².